The number of ketones is 2. The molecule has 8 atom stereocenters. The number of unbranched alkanes of at least 4 members (excludes halogenated alkanes) is 1. The molecule has 3 rings (SSSR count). The SMILES string of the molecule is CCC(C)[C@H](CC(=O)C(C)(C)N(C)CCC(=O)NC(CCCCNC(=O)CCOCCOC)C(=O)CC(C)C(=O)NNC(=O)CCCN1C(=O)C=CC1=O)C(=O)N(CC)[C@H](C[C@@H](OC(C)=O)c1nc(C(=O)N[C@@H](Cc2ccc(C)cc2)CC(C)OC=O)cs1)C(C)C. The zero-order valence-corrected chi connectivity index (χ0v) is 57.0. The molecular formula is C66H101N9O16S. The second kappa shape index (κ2) is 40.6. The number of hydrogen-bond donors (Lipinski definition) is 5. The van der Waals surface area contributed by atoms with Gasteiger partial charge >= 0.3 is 5.97 Å². The molecule has 2 heterocycles. The molecule has 4 unspecified atom stereocenters. The second-order valence-electron chi connectivity index (χ2n) is 24.5. The number of aromatic nitrogens is 1. The number of rotatable bonds is 45. The number of methoxy groups -OCH3 is 1. The number of nitrogens with zero attached hydrogens (tertiary/aromatic N) is 4. The van der Waals surface area contributed by atoms with E-state index in [-0.39, 0.29) is 113 Å². The van der Waals surface area contributed by atoms with Crippen molar-refractivity contribution < 1.29 is 76.5 Å². The van der Waals surface area contributed by atoms with Crippen molar-refractivity contribution >= 4 is 82.6 Å². The van der Waals surface area contributed by atoms with Crippen LogP contribution in [-0.2, 0) is 78.1 Å². The van der Waals surface area contributed by atoms with Crippen molar-refractivity contribution in [1.29, 1.82) is 0 Å². The first-order chi connectivity index (χ1) is 43.6. The van der Waals surface area contributed by atoms with Crippen molar-refractivity contribution in [2.75, 3.05) is 60.2 Å². The molecule has 0 saturated heterocycles. The molecule has 0 spiro atoms. The van der Waals surface area contributed by atoms with E-state index < -0.39 is 94.9 Å². The van der Waals surface area contributed by atoms with Crippen molar-refractivity contribution in [2.24, 2.45) is 23.7 Å². The van der Waals surface area contributed by atoms with Gasteiger partial charge in [0.05, 0.1) is 31.4 Å². The molecular weight excluding hydrogens is 1210 g/mol. The molecule has 1 aromatic carbocycles. The highest BCUT2D eigenvalue weighted by atomic mass is 32.1. The Bertz CT molecular complexity index is 2790. The third kappa shape index (κ3) is 27.1. The number of hydrazine groups is 1. The number of imide groups is 1. The number of amides is 8. The van der Waals surface area contributed by atoms with Crippen LogP contribution in [0.5, 0.6) is 0 Å². The quantitative estimate of drug-likeness (QED) is 0.0177. The molecule has 0 fully saturated rings. The lowest BCUT2D eigenvalue weighted by molar-refractivity contribution is -0.150. The number of aryl methyl sites for hydroxylation is 1. The molecule has 25 nitrogen and oxygen atoms in total. The summed E-state index contributed by atoms with van der Waals surface area (Å²) in [5, 5.41) is 10.7. The van der Waals surface area contributed by atoms with E-state index in [0.717, 1.165) is 39.5 Å². The lowest BCUT2D eigenvalue weighted by Crippen LogP contribution is -2.52. The van der Waals surface area contributed by atoms with Crippen LogP contribution in [0.15, 0.2) is 41.8 Å². The predicted octanol–water partition coefficient (Wildman–Crippen LogP) is 5.61. The topological polar surface area (TPSA) is 325 Å². The Balaban J connectivity index is 1.73. The van der Waals surface area contributed by atoms with Gasteiger partial charge in [0.15, 0.2) is 17.7 Å². The number of carbonyl (C=O) groups is 12. The fraction of sp³-hybridized carbons (Fsp3) is 0.652. The van der Waals surface area contributed by atoms with Crippen LogP contribution >= 0.6 is 11.3 Å². The van der Waals surface area contributed by atoms with Gasteiger partial charge in [-0.15, -0.1) is 11.3 Å². The van der Waals surface area contributed by atoms with Gasteiger partial charge in [0.2, 0.25) is 29.5 Å². The summed E-state index contributed by atoms with van der Waals surface area (Å²) in [5.41, 5.74) is 5.59. The van der Waals surface area contributed by atoms with Crippen LogP contribution in [-0.4, -0.2) is 181 Å². The monoisotopic (exact) mass is 1310 g/mol. The summed E-state index contributed by atoms with van der Waals surface area (Å²) in [6.07, 6.45) is 3.05. The third-order valence-electron chi connectivity index (χ3n) is 16.6. The highest BCUT2D eigenvalue weighted by Gasteiger charge is 2.41. The molecule has 1 aliphatic heterocycles. The molecule has 0 saturated carbocycles. The number of likely N-dealkylation sites (N-methyl/N-ethyl adjacent to an activating group) is 1. The van der Waals surface area contributed by atoms with Crippen molar-refractivity contribution in [3.05, 3.63) is 63.6 Å². The molecule has 8 amide bonds. The van der Waals surface area contributed by atoms with E-state index in [1.807, 2.05) is 65.8 Å². The number of ether oxygens (including phenoxy) is 4. The summed E-state index contributed by atoms with van der Waals surface area (Å²) in [6, 6.07) is 5.95. The fourth-order valence-electron chi connectivity index (χ4n) is 10.4. The molecule has 26 heteroatoms. The maximum Gasteiger partial charge on any atom is 0.303 e. The van der Waals surface area contributed by atoms with Gasteiger partial charge in [-0.3, -0.25) is 78.2 Å². The van der Waals surface area contributed by atoms with Crippen molar-refractivity contribution in [3.8, 4) is 0 Å². The number of esters is 1. The van der Waals surface area contributed by atoms with E-state index in [9.17, 15) is 52.7 Å². The minimum absolute atomic E-state index is 0.0161. The van der Waals surface area contributed by atoms with Gasteiger partial charge in [0, 0.05) is 127 Å². The van der Waals surface area contributed by atoms with Crippen LogP contribution in [0.2, 0.25) is 0 Å². The van der Waals surface area contributed by atoms with Crippen LogP contribution in [0.3, 0.4) is 0 Å². The summed E-state index contributed by atoms with van der Waals surface area (Å²) < 4.78 is 21.4. The minimum Gasteiger partial charge on any atom is -0.465 e. The van der Waals surface area contributed by atoms with E-state index >= 15 is 4.79 Å². The Kier molecular flexibility index (Phi) is 34.9. The van der Waals surface area contributed by atoms with Gasteiger partial charge in [-0.2, -0.15) is 0 Å². The van der Waals surface area contributed by atoms with Crippen LogP contribution in [0.4, 0.5) is 0 Å². The molecule has 5 N–H and O–H groups in total. The number of thiazole rings is 1. The van der Waals surface area contributed by atoms with Gasteiger partial charge in [0.1, 0.15) is 16.8 Å². The van der Waals surface area contributed by atoms with E-state index in [1.165, 1.54) is 13.8 Å². The Morgan fingerprint density at radius 1 is 0.815 bits per heavy atom. The first kappa shape index (κ1) is 78.9. The first-order valence-electron chi connectivity index (χ1n) is 32.0. The average molecular weight is 1310 g/mol. The third-order valence-corrected chi connectivity index (χ3v) is 17.6. The van der Waals surface area contributed by atoms with Gasteiger partial charge in [-0.25, -0.2) is 4.98 Å². The normalized spacial score (nSPS) is 14.9. The predicted molar refractivity (Wildman–Crippen MR) is 345 cm³/mol. The number of carbonyl (C=O) groups excluding carboxylic acids is 12. The number of benzene rings is 1. The average Bonchev–Trinajstić information content (AvgIpc) is 1.12. The smallest absolute Gasteiger partial charge is 0.303 e. The zero-order chi connectivity index (χ0) is 68.7. The summed E-state index contributed by atoms with van der Waals surface area (Å²) in [6.45, 7) is 21.6. The van der Waals surface area contributed by atoms with Gasteiger partial charge in [-0.05, 0) is 91.2 Å². The zero-order valence-electron chi connectivity index (χ0n) is 56.2. The van der Waals surface area contributed by atoms with Crippen molar-refractivity contribution in [2.45, 2.75) is 196 Å². The summed E-state index contributed by atoms with van der Waals surface area (Å²) in [4.78, 5) is 166. The van der Waals surface area contributed by atoms with E-state index in [1.54, 1.807) is 50.1 Å². The maximum absolute atomic E-state index is 15.1. The van der Waals surface area contributed by atoms with E-state index in [2.05, 4.69) is 31.8 Å². The first-order valence-corrected chi connectivity index (χ1v) is 32.9. The lowest BCUT2D eigenvalue weighted by atomic mass is 9.81. The molecule has 0 radical (unpaired) electrons. The molecule has 1 aliphatic rings. The Hall–Kier alpha value is -7.29. The maximum atomic E-state index is 15.1. The van der Waals surface area contributed by atoms with Crippen LogP contribution in [0.25, 0.3) is 0 Å². The van der Waals surface area contributed by atoms with Gasteiger partial charge in [-0.1, -0.05) is 70.9 Å². The second-order valence-corrected chi connectivity index (χ2v) is 25.4. The number of hydrogen-bond acceptors (Lipinski definition) is 19. The Labute approximate surface area is 546 Å². The largest absolute Gasteiger partial charge is 0.465 e. The summed E-state index contributed by atoms with van der Waals surface area (Å²) >= 11 is 1.15. The Morgan fingerprint density at radius 2 is 1.50 bits per heavy atom. The van der Waals surface area contributed by atoms with Crippen molar-refractivity contribution in [3.63, 3.8) is 0 Å². The number of Topliss-reactive ketones (excluding diaryl/α,β-unsaturated/α-hetero) is 2. The molecule has 0 aliphatic carbocycles. The molecule has 0 bridgehead atoms. The van der Waals surface area contributed by atoms with E-state index in [4.69, 9.17) is 18.9 Å². The molecule has 92 heavy (non-hydrogen) atoms. The Morgan fingerprint density at radius 3 is 2.12 bits per heavy atom. The summed E-state index contributed by atoms with van der Waals surface area (Å²) in [5.74, 6) is -7.02. The van der Waals surface area contributed by atoms with Crippen molar-refractivity contribution in [1.82, 2.24) is 46.5 Å². The van der Waals surface area contributed by atoms with Crippen LogP contribution in [0.1, 0.15) is 179 Å². The molecule has 512 valence electrons. The molecule has 1 aromatic heterocycles. The van der Waals surface area contributed by atoms with Crippen LogP contribution in [0, 0.1) is 30.6 Å². The number of nitrogens with one attached hydrogen (secondary N) is 5. The summed E-state index contributed by atoms with van der Waals surface area (Å²) in [7, 11) is 3.25. The highest BCUT2D eigenvalue weighted by molar-refractivity contribution is 7.09. The highest BCUT2D eigenvalue weighted by Crippen LogP contribution is 2.34. The van der Waals surface area contributed by atoms with Crippen LogP contribution < -0.4 is 26.8 Å². The standard InChI is InChI=1S/C66H101N9O16S/c1-14-44(6)50(65(87)74(15-2)53(42(3)4)39-55(91-47(9)77)64-70-52(40-92-64)63(86)68-49(36-46(8)90-41-76)37-48-23-21-43(5)22-24-48)38-56(79)66(10,11)73(12)31-27-58(81)69-51(19-16-17-29-67-57(80)28-32-89-34-33-88-13)54(78)35-45(7)62(85)72-71-59(82)20-18-30-75-60(83)25-26-61(75)84/h21-26,40-42,44-46,49-51,53,55H,14-20,27-39H2,1-13H3,(H,67,80)(H,68,86)(H,69,81)(H,71,82)(H,72,85)/t44?,45?,46?,49-,50+,51?,53-,55-/m1/s1. The van der Waals surface area contributed by atoms with Gasteiger partial charge < -0.3 is 39.8 Å². The lowest BCUT2D eigenvalue weighted by Gasteiger charge is -2.40. The molecule has 2 aromatic rings. The minimum atomic E-state index is -1.18. The fourth-order valence-corrected chi connectivity index (χ4v) is 11.2. The van der Waals surface area contributed by atoms with E-state index in [0.29, 0.717) is 63.3 Å². The van der Waals surface area contributed by atoms with Gasteiger partial charge in [0.25, 0.3) is 24.2 Å².